The van der Waals surface area contributed by atoms with Crippen molar-refractivity contribution in [2.75, 3.05) is 5.75 Å². The highest BCUT2D eigenvalue weighted by molar-refractivity contribution is 7.91. The fourth-order valence-corrected chi connectivity index (χ4v) is 3.09. The van der Waals surface area contributed by atoms with Gasteiger partial charge in [-0.1, -0.05) is 26.8 Å². The first-order valence-corrected chi connectivity index (χ1v) is 7.83. The summed E-state index contributed by atoms with van der Waals surface area (Å²) in [6.07, 6.45) is 1.38. The fraction of sp³-hybridized carbons (Fsp3) is 0.500. The third-order valence-electron chi connectivity index (χ3n) is 2.78. The lowest BCUT2D eigenvalue weighted by molar-refractivity contribution is 0.0696. The minimum atomic E-state index is -3.40. The number of carbonyl (C=O) groups is 1. The van der Waals surface area contributed by atoms with Crippen molar-refractivity contribution in [3.63, 3.8) is 0 Å². The van der Waals surface area contributed by atoms with Gasteiger partial charge in [-0.3, -0.25) is 0 Å². The van der Waals surface area contributed by atoms with Crippen molar-refractivity contribution in [3.05, 3.63) is 29.8 Å². The van der Waals surface area contributed by atoms with E-state index in [1.54, 1.807) is 0 Å². The zero-order valence-corrected chi connectivity index (χ0v) is 12.3. The predicted molar refractivity (Wildman–Crippen MR) is 74.1 cm³/mol. The lowest BCUT2D eigenvalue weighted by Crippen LogP contribution is -2.12. The number of sulfone groups is 1. The molecule has 0 atom stereocenters. The topological polar surface area (TPSA) is 71.4 Å². The molecule has 0 aliphatic rings. The quantitative estimate of drug-likeness (QED) is 0.902. The second kappa shape index (κ2) is 5.74. The molecule has 0 aromatic heterocycles. The smallest absolute Gasteiger partial charge is 0.335 e. The summed E-state index contributed by atoms with van der Waals surface area (Å²) in [6, 6.07) is 5.50. The molecule has 1 aromatic rings. The molecule has 106 valence electrons. The van der Waals surface area contributed by atoms with E-state index in [1.807, 2.05) is 0 Å². The monoisotopic (exact) mass is 284 g/mol. The van der Waals surface area contributed by atoms with Gasteiger partial charge in [-0.05, 0) is 36.5 Å². The largest absolute Gasteiger partial charge is 0.478 e. The summed E-state index contributed by atoms with van der Waals surface area (Å²) in [6.45, 7) is 6.18. The summed E-state index contributed by atoms with van der Waals surface area (Å²) >= 11 is 0. The number of aromatic carboxylic acids is 1. The Bertz CT molecular complexity index is 553. The zero-order chi connectivity index (χ0) is 14.7. The van der Waals surface area contributed by atoms with E-state index in [4.69, 9.17) is 5.11 Å². The number of benzene rings is 1. The molecule has 0 fully saturated rings. The Morgan fingerprint density at radius 2 is 1.89 bits per heavy atom. The molecule has 0 saturated heterocycles. The second-order valence-electron chi connectivity index (χ2n) is 5.82. The van der Waals surface area contributed by atoms with Crippen LogP contribution in [0.2, 0.25) is 0 Å². The van der Waals surface area contributed by atoms with E-state index in [2.05, 4.69) is 20.8 Å². The first-order valence-electron chi connectivity index (χ1n) is 6.18. The fourth-order valence-electron chi connectivity index (χ4n) is 1.73. The molecule has 0 unspecified atom stereocenters. The Morgan fingerprint density at radius 3 is 2.42 bits per heavy atom. The van der Waals surface area contributed by atoms with Gasteiger partial charge in [0.15, 0.2) is 9.84 Å². The summed E-state index contributed by atoms with van der Waals surface area (Å²) in [4.78, 5) is 10.9. The lowest BCUT2D eigenvalue weighted by atomic mass is 9.91. The molecule has 4 nitrogen and oxygen atoms in total. The molecule has 0 bridgehead atoms. The van der Waals surface area contributed by atoms with Gasteiger partial charge < -0.3 is 5.11 Å². The highest BCUT2D eigenvalue weighted by Crippen LogP contribution is 2.22. The Kier molecular flexibility index (Phi) is 4.74. The number of rotatable bonds is 5. The van der Waals surface area contributed by atoms with Gasteiger partial charge in [0, 0.05) is 0 Å². The summed E-state index contributed by atoms with van der Waals surface area (Å²) in [7, 11) is -3.40. The van der Waals surface area contributed by atoms with E-state index >= 15 is 0 Å². The van der Waals surface area contributed by atoms with Crippen LogP contribution in [0.25, 0.3) is 0 Å². The van der Waals surface area contributed by atoms with Crippen molar-refractivity contribution in [2.24, 2.45) is 5.41 Å². The molecular formula is C14H20O4S. The van der Waals surface area contributed by atoms with Crippen LogP contribution < -0.4 is 0 Å². The molecule has 0 saturated carbocycles. The Balaban J connectivity index is 2.83. The average Bonchev–Trinajstić information content (AvgIpc) is 2.27. The molecule has 5 heteroatoms. The van der Waals surface area contributed by atoms with Crippen LogP contribution in [0.4, 0.5) is 0 Å². The maximum Gasteiger partial charge on any atom is 0.335 e. The van der Waals surface area contributed by atoms with E-state index < -0.39 is 15.8 Å². The molecule has 1 aromatic carbocycles. The van der Waals surface area contributed by atoms with Crippen LogP contribution in [0, 0.1) is 5.41 Å². The number of carboxylic acids is 1. The number of hydrogen-bond donors (Lipinski definition) is 1. The molecule has 0 radical (unpaired) electrons. The van der Waals surface area contributed by atoms with Crippen molar-refractivity contribution in [1.82, 2.24) is 0 Å². The van der Waals surface area contributed by atoms with Gasteiger partial charge in [0.1, 0.15) is 0 Å². The van der Waals surface area contributed by atoms with Crippen molar-refractivity contribution in [3.8, 4) is 0 Å². The van der Waals surface area contributed by atoms with Crippen LogP contribution >= 0.6 is 0 Å². The molecule has 0 heterocycles. The third-order valence-corrected chi connectivity index (χ3v) is 4.58. The van der Waals surface area contributed by atoms with E-state index in [0.717, 1.165) is 6.42 Å². The van der Waals surface area contributed by atoms with Crippen molar-refractivity contribution < 1.29 is 18.3 Å². The van der Waals surface area contributed by atoms with Gasteiger partial charge in [0.25, 0.3) is 0 Å². The van der Waals surface area contributed by atoms with Crippen LogP contribution in [0.3, 0.4) is 0 Å². The van der Waals surface area contributed by atoms with Crippen molar-refractivity contribution >= 4 is 15.8 Å². The second-order valence-corrected chi connectivity index (χ2v) is 7.93. The van der Waals surface area contributed by atoms with Gasteiger partial charge in [-0.15, -0.1) is 0 Å². The highest BCUT2D eigenvalue weighted by Gasteiger charge is 2.18. The van der Waals surface area contributed by atoms with E-state index in [1.165, 1.54) is 24.3 Å². The lowest BCUT2D eigenvalue weighted by Gasteiger charge is -2.17. The minimum absolute atomic E-state index is 0.00287. The van der Waals surface area contributed by atoms with E-state index in [0.29, 0.717) is 6.42 Å². The van der Waals surface area contributed by atoms with Gasteiger partial charge in [0.2, 0.25) is 0 Å². The number of hydrogen-bond acceptors (Lipinski definition) is 3. The highest BCUT2D eigenvalue weighted by atomic mass is 32.2. The van der Waals surface area contributed by atoms with Gasteiger partial charge in [-0.2, -0.15) is 0 Å². The summed E-state index contributed by atoms with van der Waals surface area (Å²) in [5, 5.41) is 8.86. The number of carboxylic acid groups (broad SMARTS) is 1. The van der Waals surface area contributed by atoms with Crippen LogP contribution in [0.1, 0.15) is 44.0 Å². The maximum absolute atomic E-state index is 12.1. The van der Waals surface area contributed by atoms with Crippen LogP contribution in [-0.4, -0.2) is 25.2 Å². The molecule has 1 N–H and O–H groups in total. The SMILES string of the molecule is CC(C)(C)CCCS(=O)(=O)c1cccc(C(=O)O)c1. The summed E-state index contributed by atoms with van der Waals surface area (Å²) in [5.41, 5.74) is 0.0928. The molecule has 0 amide bonds. The maximum atomic E-state index is 12.1. The summed E-state index contributed by atoms with van der Waals surface area (Å²) < 4.78 is 24.2. The first-order chi connectivity index (χ1) is 8.62. The van der Waals surface area contributed by atoms with Crippen LogP contribution in [-0.2, 0) is 9.84 Å². The summed E-state index contributed by atoms with van der Waals surface area (Å²) in [5.74, 6) is -1.07. The van der Waals surface area contributed by atoms with E-state index in [9.17, 15) is 13.2 Å². The Labute approximate surface area is 114 Å². The minimum Gasteiger partial charge on any atom is -0.478 e. The molecule has 0 aliphatic heterocycles. The van der Waals surface area contributed by atoms with E-state index in [-0.39, 0.29) is 21.6 Å². The first kappa shape index (κ1) is 15.7. The molecule has 1 rings (SSSR count). The van der Waals surface area contributed by atoms with Crippen molar-refractivity contribution in [2.45, 2.75) is 38.5 Å². The molecule has 19 heavy (non-hydrogen) atoms. The van der Waals surface area contributed by atoms with Crippen LogP contribution in [0.5, 0.6) is 0 Å². The van der Waals surface area contributed by atoms with Crippen molar-refractivity contribution in [1.29, 1.82) is 0 Å². The molecule has 0 spiro atoms. The van der Waals surface area contributed by atoms with Crippen LogP contribution in [0.15, 0.2) is 29.2 Å². The van der Waals surface area contributed by atoms with Gasteiger partial charge >= 0.3 is 5.97 Å². The average molecular weight is 284 g/mol. The Hall–Kier alpha value is -1.36. The predicted octanol–water partition coefficient (Wildman–Crippen LogP) is 2.98. The third kappa shape index (κ3) is 5.03. The zero-order valence-electron chi connectivity index (χ0n) is 11.5. The standard InChI is InChI=1S/C14H20O4S/c1-14(2,3)8-5-9-19(17,18)12-7-4-6-11(10-12)13(15)16/h4,6-7,10H,5,8-9H2,1-3H3,(H,15,16). The van der Waals surface area contributed by atoms with Gasteiger partial charge in [-0.25, -0.2) is 13.2 Å². The molecular weight excluding hydrogens is 264 g/mol. The van der Waals surface area contributed by atoms with Gasteiger partial charge in [0.05, 0.1) is 16.2 Å². The normalized spacial score (nSPS) is 12.4. The Morgan fingerprint density at radius 1 is 1.26 bits per heavy atom. The molecule has 0 aliphatic carbocycles.